The lowest BCUT2D eigenvalue weighted by Crippen LogP contribution is -2.25. The summed E-state index contributed by atoms with van der Waals surface area (Å²) in [5.74, 6) is -0.645. The zero-order valence-corrected chi connectivity index (χ0v) is 9.91. The van der Waals surface area contributed by atoms with E-state index < -0.39 is 0 Å². The second-order valence-electron chi connectivity index (χ2n) is 3.42. The smallest absolute Gasteiger partial charge is 0.271 e. The van der Waals surface area contributed by atoms with E-state index in [0.29, 0.717) is 25.8 Å². The molecule has 0 fully saturated rings. The van der Waals surface area contributed by atoms with E-state index >= 15 is 0 Å². The average Bonchev–Trinajstić information content (AvgIpc) is 2.29. The molecule has 0 aliphatic carbocycles. The normalized spacial score (nSPS) is 9.94. The Balaban J connectivity index is 2.25. The molecule has 6 nitrogen and oxygen atoms in total. The molecular formula is C10H13ClN4O2. The van der Waals surface area contributed by atoms with Crippen molar-refractivity contribution in [3.05, 3.63) is 23.0 Å². The number of primary amides is 1. The summed E-state index contributed by atoms with van der Waals surface area (Å²) in [4.78, 5) is 22.0. The molecule has 7 heteroatoms. The van der Waals surface area contributed by atoms with Crippen molar-refractivity contribution in [2.75, 3.05) is 6.54 Å². The van der Waals surface area contributed by atoms with Gasteiger partial charge in [0.1, 0.15) is 0 Å². The van der Waals surface area contributed by atoms with Crippen LogP contribution in [-0.4, -0.2) is 28.6 Å². The number of nitrogens with one attached hydrogen (secondary N) is 1. The lowest BCUT2D eigenvalue weighted by molar-refractivity contribution is -0.118. The van der Waals surface area contributed by atoms with Crippen LogP contribution in [0.2, 0.25) is 5.15 Å². The van der Waals surface area contributed by atoms with Crippen LogP contribution in [-0.2, 0) is 4.79 Å². The Kier molecular flexibility index (Phi) is 5.35. The number of halogens is 1. The van der Waals surface area contributed by atoms with Gasteiger partial charge >= 0.3 is 0 Å². The van der Waals surface area contributed by atoms with E-state index in [4.69, 9.17) is 17.3 Å². The standard InChI is InChI=1S/C10H13ClN4O2/c11-8-5-4-7(14-15-8)10(17)13-6-2-1-3-9(12)16/h4-5H,1-3,6H2,(H2,12,16)(H,13,17). The number of aromatic nitrogens is 2. The minimum atomic E-state index is -0.333. The van der Waals surface area contributed by atoms with E-state index in [1.54, 1.807) is 0 Å². The van der Waals surface area contributed by atoms with Crippen LogP contribution in [0.15, 0.2) is 12.1 Å². The lowest BCUT2D eigenvalue weighted by Gasteiger charge is -2.03. The third kappa shape index (κ3) is 5.26. The predicted molar refractivity (Wildman–Crippen MR) is 62.4 cm³/mol. The van der Waals surface area contributed by atoms with Gasteiger partial charge < -0.3 is 11.1 Å². The molecule has 0 saturated heterocycles. The molecule has 0 aliphatic rings. The molecule has 0 atom stereocenters. The Labute approximate surface area is 104 Å². The number of rotatable bonds is 6. The third-order valence-corrected chi connectivity index (χ3v) is 2.20. The van der Waals surface area contributed by atoms with Gasteiger partial charge in [-0.3, -0.25) is 9.59 Å². The van der Waals surface area contributed by atoms with Crippen LogP contribution in [0.4, 0.5) is 0 Å². The molecule has 1 rings (SSSR count). The fourth-order valence-corrected chi connectivity index (χ4v) is 1.25. The van der Waals surface area contributed by atoms with Crippen LogP contribution in [0.5, 0.6) is 0 Å². The van der Waals surface area contributed by atoms with Crippen molar-refractivity contribution in [1.82, 2.24) is 15.5 Å². The van der Waals surface area contributed by atoms with Crippen LogP contribution < -0.4 is 11.1 Å². The molecule has 0 aromatic carbocycles. The van der Waals surface area contributed by atoms with Crippen LogP contribution in [0.1, 0.15) is 29.8 Å². The fraction of sp³-hybridized carbons (Fsp3) is 0.400. The van der Waals surface area contributed by atoms with Crippen molar-refractivity contribution in [3.8, 4) is 0 Å². The Morgan fingerprint density at radius 3 is 2.65 bits per heavy atom. The second-order valence-corrected chi connectivity index (χ2v) is 3.81. The fourth-order valence-electron chi connectivity index (χ4n) is 1.15. The second kappa shape index (κ2) is 6.80. The van der Waals surface area contributed by atoms with Crippen LogP contribution in [0.25, 0.3) is 0 Å². The van der Waals surface area contributed by atoms with Gasteiger partial charge in [0.05, 0.1) is 0 Å². The number of carbonyl (C=O) groups excluding carboxylic acids is 2. The van der Waals surface area contributed by atoms with E-state index in [-0.39, 0.29) is 22.7 Å². The number of amides is 2. The molecular weight excluding hydrogens is 244 g/mol. The molecule has 1 aromatic heterocycles. The quantitative estimate of drug-likeness (QED) is 0.725. The zero-order valence-electron chi connectivity index (χ0n) is 9.15. The summed E-state index contributed by atoms with van der Waals surface area (Å²) in [5.41, 5.74) is 5.19. The molecule has 92 valence electrons. The summed E-state index contributed by atoms with van der Waals surface area (Å²) >= 11 is 5.54. The summed E-state index contributed by atoms with van der Waals surface area (Å²) in [7, 11) is 0. The highest BCUT2D eigenvalue weighted by Gasteiger charge is 2.06. The van der Waals surface area contributed by atoms with Crippen molar-refractivity contribution in [1.29, 1.82) is 0 Å². The molecule has 17 heavy (non-hydrogen) atoms. The number of unbranched alkanes of at least 4 members (excludes halogenated alkanes) is 1. The molecule has 0 radical (unpaired) electrons. The van der Waals surface area contributed by atoms with Crippen LogP contribution in [0, 0.1) is 0 Å². The highest BCUT2D eigenvalue weighted by Crippen LogP contribution is 2.02. The monoisotopic (exact) mass is 256 g/mol. The van der Waals surface area contributed by atoms with Gasteiger partial charge in [0.25, 0.3) is 5.91 Å². The Morgan fingerprint density at radius 1 is 1.29 bits per heavy atom. The molecule has 0 spiro atoms. The molecule has 1 aromatic rings. The van der Waals surface area contributed by atoms with Gasteiger partial charge in [-0.25, -0.2) is 0 Å². The largest absolute Gasteiger partial charge is 0.370 e. The maximum Gasteiger partial charge on any atom is 0.271 e. The van der Waals surface area contributed by atoms with Crippen molar-refractivity contribution in [2.24, 2.45) is 5.73 Å². The summed E-state index contributed by atoms with van der Waals surface area (Å²) in [6, 6.07) is 2.99. The van der Waals surface area contributed by atoms with Gasteiger partial charge in [-0.2, -0.15) is 0 Å². The molecule has 2 amide bonds. The van der Waals surface area contributed by atoms with Crippen molar-refractivity contribution >= 4 is 23.4 Å². The molecule has 0 unspecified atom stereocenters. The number of hydrogen-bond acceptors (Lipinski definition) is 4. The van der Waals surface area contributed by atoms with E-state index in [0.717, 1.165) is 0 Å². The van der Waals surface area contributed by atoms with Crippen molar-refractivity contribution < 1.29 is 9.59 Å². The lowest BCUT2D eigenvalue weighted by atomic mass is 10.2. The first-order valence-electron chi connectivity index (χ1n) is 5.15. The Morgan fingerprint density at radius 2 is 2.06 bits per heavy atom. The van der Waals surface area contributed by atoms with Gasteiger partial charge in [-0.15, -0.1) is 10.2 Å². The molecule has 3 N–H and O–H groups in total. The highest BCUT2D eigenvalue weighted by molar-refractivity contribution is 6.29. The number of nitrogens with two attached hydrogens (primary N) is 1. The van der Waals surface area contributed by atoms with Gasteiger partial charge in [0, 0.05) is 13.0 Å². The molecule has 0 saturated carbocycles. The number of nitrogens with zero attached hydrogens (tertiary/aromatic N) is 2. The SMILES string of the molecule is NC(=O)CCCCNC(=O)c1ccc(Cl)nn1. The number of carbonyl (C=O) groups is 2. The first kappa shape index (κ1) is 13.4. The van der Waals surface area contributed by atoms with E-state index in [9.17, 15) is 9.59 Å². The van der Waals surface area contributed by atoms with Crippen molar-refractivity contribution in [2.45, 2.75) is 19.3 Å². The highest BCUT2D eigenvalue weighted by atomic mass is 35.5. The summed E-state index contributed by atoms with van der Waals surface area (Å²) in [6.07, 6.45) is 1.67. The zero-order chi connectivity index (χ0) is 12.7. The average molecular weight is 257 g/mol. The topological polar surface area (TPSA) is 98.0 Å². The van der Waals surface area contributed by atoms with Gasteiger partial charge in [-0.05, 0) is 25.0 Å². The van der Waals surface area contributed by atoms with Crippen LogP contribution >= 0.6 is 11.6 Å². The number of hydrogen-bond donors (Lipinski definition) is 2. The summed E-state index contributed by atoms with van der Waals surface area (Å²) in [6.45, 7) is 0.469. The first-order valence-corrected chi connectivity index (χ1v) is 5.53. The van der Waals surface area contributed by atoms with Crippen LogP contribution in [0.3, 0.4) is 0 Å². The van der Waals surface area contributed by atoms with Gasteiger partial charge in [-0.1, -0.05) is 11.6 Å². The summed E-state index contributed by atoms with van der Waals surface area (Å²) in [5, 5.41) is 10.1. The van der Waals surface area contributed by atoms with Gasteiger partial charge in [0.2, 0.25) is 5.91 Å². The maximum atomic E-state index is 11.5. The van der Waals surface area contributed by atoms with Crippen molar-refractivity contribution in [3.63, 3.8) is 0 Å². The first-order chi connectivity index (χ1) is 8.09. The van der Waals surface area contributed by atoms with Gasteiger partial charge in [0.15, 0.2) is 10.8 Å². The summed E-state index contributed by atoms with van der Waals surface area (Å²) < 4.78 is 0. The molecule has 1 heterocycles. The van der Waals surface area contributed by atoms with E-state index in [2.05, 4.69) is 15.5 Å². The predicted octanol–water partition coefficient (Wildman–Crippen LogP) is 0.515. The maximum absolute atomic E-state index is 11.5. The minimum Gasteiger partial charge on any atom is -0.370 e. The molecule has 0 aliphatic heterocycles. The molecule has 0 bridgehead atoms. The van der Waals surface area contributed by atoms with E-state index in [1.165, 1.54) is 12.1 Å². The Hall–Kier alpha value is -1.69. The third-order valence-electron chi connectivity index (χ3n) is 2.00. The Bertz CT molecular complexity index is 394. The minimum absolute atomic E-state index is 0.212. The van der Waals surface area contributed by atoms with E-state index in [1.807, 2.05) is 0 Å².